The monoisotopic (exact) mass is 266 g/mol. The van der Waals surface area contributed by atoms with Crippen LogP contribution in [0.25, 0.3) is 0 Å². The van der Waals surface area contributed by atoms with Crippen LogP contribution in [0.4, 0.5) is 0 Å². The zero-order valence-corrected chi connectivity index (χ0v) is 12.4. The van der Waals surface area contributed by atoms with E-state index in [9.17, 15) is 4.79 Å². The second-order valence-electron chi connectivity index (χ2n) is 4.80. The lowest BCUT2D eigenvalue weighted by molar-refractivity contribution is -0.126. The number of hydrazine groups is 1. The molecule has 0 heterocycles. The van der Waals surface area contributed by atoms with Crippen LogP contribution >= 0.6 is 0 Å². The van der Waals surface area contributed by atoms with Crippen LogP contribution in [0.2, 0.25) is 0 Å². The normalized spacial score (nSPS) is 11.1. The van der Waals surface area contributed by atoms with Crippen molar-refractivity contribution in [2.75, 3.05) is 21.3 Å². The highest BCUT2D eigenvalue weighted by molar-refractivity contribution is 5.88. The van der Waals surface area contributed by atoms with Crippen molar-refractivity contribution in [1.82, 2.24) is 10.9 Å². The van der Waals surface area contributed by atoms with Crippen LogP contribution in [0, 0.1) is 6.92 Å². The standard InChI is InChI=1S/C14H22N2O3/c1-9-11(18-5)8-7-10(12(9)19-6)14(2,3)13(17)16-15-4/h7-8,15H,1-6H3,(H,16,17). The third kappa shape index (κ3) is 2.81. The second-order valence-corrected chi connectivity index (χ2v) is 4.80. The Hall–Kier alpha value is -1.75. The quantitative estimate of drug-likeness (QED) is 0.794. The number of benzene rings is 1. The number of ether oxygens (including phenoxy) is 2. The van der Waals surface area contributed by atoms with E-state index in [2.05, 4.69) is 10.9 Å². The SMILES string of the molecule is CNNC(=O)C(C)(C)c1ccc(OC)c(C)c1OC. The summed E-state index contributed by atoms with van der Waals surface area (Å²) in [4.78, 5) is 12.1. The average molecular weight is 266 g/mol. The molecule has 0 aliphatic rings. The van der Waals surface area contributed by atoms with Crippen LogP contribution in [0.15, 0.2) is 12.1 Å². The van der Waals surface area contributed by atoms with Crippen molar-refractivity contribution in [3.63, 3.8) is 0 Å². The first-order valence-electron chi connectivity index (χ1n) is 6.09. The molecule has 2 N–H and O–H groups in total. The molecule has 1 aromatic rings. The molecule has 0 aliphatic heterocycles. The maximum absolute atomic E-state index is 12.1. The van der Waals surface area contributed by atoms with Gasteiger partial charge in [-0.25, -0.2) is 5.43 Å². The Morgan fingerprint density at radius 2 is 1.84 bits per heavy atom. The molecule has 1 rings (SSSR count). The second kappa shape index (κ2) is 5.93. The van der Waals surface area contributed by atoms with Crippen molar-refractivity contribution in [2.24, 2.45) is 0 Å². The van der Waals surface area contributed by atoms with Gasteiger partial charge in [0, 0.05) is 18.2 Å². The highest BCUT2D eigenvalue weighted by atomic mass is 16.5. The number of nitrogens with one attached hydrogen (secondary N) is 2. The maximum Gasteiger partial charge on any atom is 0.244 e. The smallest absolute Gasteiger partial charge is 0.244 e. The summed E-state index contributed by atoms with van der Waals surface area (Å²) in [6, 6.07) is 3.71. The molecule has 0 aliphatic carbocycles. The van der Waals surface area contributed by atoms with Gasteiger partial charge in [0.2, 0.25) is 5.91 Å². The number of hydrogen-bond acceptors (Lipinski definition) is 4. The minimum absolute atomic E-state index is 0.127. The number of methoxy groups -OCH3 is 2. The van der Waals surface area contributed by atoms with Crippen LogP contribution in [0.3, 0.4) is 0 Å². The van der Waals surface area contributed by atoms with Crippen molar-refractivity contribution >= 4 is 5.91 Å². The van der Waals surface area contributed by atoms with Crippen LogP contribution in [0.1, 0.15) is 25.0 Å². The molecular formula is C14H22N2O3. The van der Waals surface area contributed by atoms with Gasteiger partial charge in [0.05, 0.1) is 19.6 Å². The van der Waals surface area contributed by atoms with Gasteiger partial charge in [-0.1, -0.05) is 6.07 Å². The van der Waals surface area contributed by atoms with Crippen LogP contribution in [-0.2, 0) is 10.2 Å². The van der Waals surface area contributed by atoms with Gasteiger partial charge in [-0.15, -0.1) is 0 Å². The molecule has 0 spiro atoms. The average Bonchev–Trinajstić information content (AvgIpc) is 2.38. The number of rotatable bonds is 5. The first-order chi connectivity index (χ1) is 8.89. The van der Waals surface area contributed by atoms with Crippen LogP contribution in [0.5, 0.6) is 11.5 Å². The van der Waals surface area contributed by atoms with Gasteiger partial charge < -0.3 is 9.47 Å². The van der Waals surface area contributed by atoms with E-state index in [0.29, 0.717) is 5.75 Å². The molecule has 0 saturated carbocycles. The summed E-state index contributed by atoms with van der Waals surface area (Å²) in [6.45, 7) is 5.61. The molecule has 0 radical (unpaired) electrons. The summed E-state index contributed by atoms with van der Waals surface area (Å²) in [7, 11) is 4.86. The van der Waals surface area contributed by atoms with Crippen molar-refractivity contribution in [1.29, 1.82) is 0 Å². The minimum Gasteiger partial charge on any atom is -0.496 e. The molecule has 0 saturated heterocycles. The molecule has 0 unspecified atom stereocenters. The first-order valence-corrected chi connectivity index (χ1v) is 6.09. The third-order valence-corrected chi connectivity index (χ3v) is 3.26. The predicted molar refractivity (Wildman–Crippen MR) is 74.5 cm³/mol. The largest absolute Gasteiger partial charge is 0.496 e. The fourth-order valence-electron chi connectivity index (χ4n) is 2.04. The van der Waals surface area contributed by atoms with E-state index in [0.717, 1.165) is 16.9 Å². The van der Waals surface area contributed by atoms with Crippen LogP contribution < -0.4 is 20.3 Å². The first kappa shape index (κ1) is 15.3. The van der Waals surface area contributed by atoms with Crippen molar-refractivity contribution in [3.05, 3.63) is 23.3 Å². The molecule has 106 valence electrons. The van der Waals surface area contributed by atoms with Crippen molar-refractivity contribution in [3.8, 4) is 11.5 Å². The van der Waals surface area contributed by atoms with E-state index in [1.165, 1.54) is 0 Å². The Morgan fingerprint density at radius 1 is 1.21 bits per heavy atom. The molecule has 1 amide bonds. The zero-order valence-electron chi connectivity index (χ0n) is 12.4. The highest BCUT2D eigenvalue weighted by Gasteiger charge is 2.33. The number of amides is 1. The molecule has 0 aromatic heterocycles. The molecule has 0 bridgehead atoms. The molecule has 5 nitrogen and oxygen atoms in total. The maximum atomic E-state index is 12.1. The fraction of sp³-hybridized carbons (Fsp3) is 0.500. The van der Waals surface area contributed by atoms with E-state index < -0.39 is 5.41 Å². The Balaban J connectivity index is 3.34. The molecule has 0 fully saturated rings. The zero-order chi connectivity index (χ0) is 14.6. The van der Waals surface area contributed by atoms with Crippen molar-refractivity contribution < 1.29 is 14.3 Å². The summed E-state index contributed by atoms with van der Waals surface area (Å²) in [5, 5.41) is 0. The summed E-state index contributed by atoms with van der Waals surface area (Å²) in [5.41, 5.74) is 6.25. The van der Waals surface area contributed by atoms with Crippen molar-refractivity contribution in [2.45, 2.75) is 26.2 Å². The van der Waals surface area contributed by atoms with Gasteiger partial charge in [-0.3, -0.25) is 10.2 Å². The lowest BCUT2D eigenvalue weighted by atomic mass is 9.82. The van der Waals surface area contributed by atoms with Gasteiger partial charge in [0.25, 0.3) is 0 Å². The summed E-state index contributed by atoms with van der Waals surface area (Å²) >= 11 is 0. The molecule has 19 heavy (non-hydrogen) atoms. The molecule has 1 aromatic carbocycles. The Kier molecular flexibility index (Phi) is 4.78. The lowest BCUT2D eigenvalue weighted by Gasteiger charge is -2.27. The van der Waals surface area contributed by atoms with E-state index in [1.54, 1.807) is 21.3 Å². The topological polar surface area (TPSA) is 59.6 Å². The van der Waals surface area contributed by atoms with E-state index in [-0.39, 0.29) is 5.91 Å². The van der Waals surface area contributed by atoms with E-state index in [1.807, 2.05) is 32.9 Å². The summed E-state index contributed by atoms with van der Waals surface area (Å²) in [6.07, 6.45) is 0. The van der Waals surface area contributed by atoms with E-state index >= 15 is 0 Å². The lowest BCUT2D eigenvalue weighted by Crippen LogP contribution is -2.45. The minimum atomic E-state index is -0.717. The van der Waals surface area contributed by atoms with Crippen LogP contribution in [-0.4, -0.2) is 27.2 Å². The number of hydrogen-bond donors (Lipinski definition) is 2. The summed E-state index contributed by atoms with van der Waals surface area (Å²) in [5.74, 6) is 1.29. The third-order valence-electron chi connectivity index (χ3n) is 3.26. The predicted octanol–water partition coefficient (Wildman–Crippen LogP) is 1.54. The Morgan fingerprint density at radius 3 is 2.32 bits per heavy atom. The van der Waals surface area contributed by atoms with Gasteiger partial charge >= 0.3 is 0 Å². The molecule has 5 heteroatoms. The molecule has 0 atom stereocenters. The number of carbonyl (C=O) groups excluding carboxylic acids is 1. The van der Waals surface area contributed by atoms with Gasteiger partial charge in [-0.05, 0) is 26.8 Å². The highest BCUT2D eigenvalue weighted by Crippen LogP contribution is 2.38. The van der Waals surface area contributed by atoms with Gasteiger partial charge in [0.1, 0.15) is 11.5 Å². The summed E-state index contributed by atoms with van der Waals surface area (Å²) < 4.78 is 10.7. The Labute approximate surface area is 114 Å². The Bertz CT molecular complexity index is 470. The number of carbonyl (C=O) groups is 1. The molecular weight excluding hydrogens is 244 g/mol. The fourth-order valence-corrected chi connectivity index (χ4v) is 2.04. The van der Waals surface area contributed by atoms with Gasteiger partial charge in [0.15, 0.2) is 0 Å². The van der Waals surface area contributed by atoms with Gasteiger partial charge in [-0.2, -0.15) is 0 Å². The van der Waals surface area contributed by atoms with E-state index in [4.69, 9.17) is 9.47 Å².